The third kappa shape index (κ3) is 2.84. The van der Waals surface area contributed by atoms with Gasteiger partial charge in [-0.05, 0) is 32.1 Å². The van der Waals surface area contributed by atoms with Gasteiger partial charge in [-0.1, -0.05) is 13.8 Å². The van der Waals surface area contributed by atoms with Crippen LogP contribution in [0, 0.1) is 11.8 Å². The minimum atomic E-state index is 0.516. The number of piperidine rings is 1. The van der Waals surface area contributed by atoms with E-state index in [4.69, 9.17) is 5.84 Å². The number of likely N-dealkylation sites (tertiary alicyclic amines) is 1. The highest BCUT2D eigenvalue weighted by Gasteiger charge is 2.30. The number of nitrogens with one attached hydrogen (secondary N) is 1. The topological polar surface area (TPSA) is 53.6 Å². The number of hydrazine groups is 1. The van der Waals surface area contributed by atoms with Gasteiger partial charge in [0, 0.05) is 19.1 Å². The molecule has 88 valence electrons. The monoisotopic (exact) mass is 212 g/mol. The van der Waals surface area contributed by atoms with Crippen LogP contribution < -0.4 is 11.3 Å². The zero-order valence-electron chi connectivity index (χ0n) is 10.3. The van der Waals surface area contributed by atoms with Crippen molar-refractivity contribution in [1.82, 2.24) is 10.3 Å². The Kier molecular flexibility index (Phi) is 4.39. The molecule has 0 aliphatic carbocycles. The molecular weight excluding hydrogens is 188 g/mol. The van der Waals surface area contributed by atoms with Crippen LogP contribution in [0.5, 0.6) is 0 Å². The lowest BCUT2D eigenvalue weighted by Crippen LogP contribution is -2.54. The largest absolute Gasteiger partial charge is 0.339 e. The van der Waals surface area contributed by atoms with E-state index in [0.717, 1.165) is 19.0 Å². The van der Waals surface area contributed by atoms with Crippen LogP contribution in [-0.4, -0.2) is 30.0 Å². The Morgan fingerprint density at radius 3 is 2.67 bits per heavy atom. The first-order valence-electron chi connectivity index (χ1n) is 5.87. The van der Waals surface area contributed by atoms with Gasteiger partial charge in [-0.2, -0.15) is 0 Å². The van der Waals surface area contributed by atoms with Crippen molar-refractivity contribution < 1.29 is 0 Å². The number of rotatable bonds is 1. The lowest BCUT2D eigenvalue weighted by Gasteiger charge is -2.42. The van der Waals surface area contributed by atoms with Gasteiger partial charge < -0.3 is 4.90 Å². The number of aliphatic imine (C=N–C) groups is 1. The molecule has 0 amide bonds. The Morgan fingerprint density at radius 1 is 1.47 bits per heavy atom. The maximum Gasteiger partial charge on any atom is 0.208 e. The fraction of sp³-hybridized carbons (Fsp3) is 0.909. The summed E-state index contributed by atoms with van der Waals surface area (Å²) in [7, 11) is 0. The van der Waals surface area contributed by atoms with Crippen LogP contribution in [0.25, 0.3) is 0 Å². The lowest BCUT2D eigenvalue weighted by molar-refractivity contribution is 0.142. The minimum absolute atomic E-state index is 0.516. The van der Waals surface area contributed by atoms with Gasteiger partial charge in [0.1, 0.15) is 0 Å². The zero-order valence-corrected chi connectivity index (χ0v) is 10.3. The standard InChI is InChI=1S/C11H24N4/c1-5-13-11(14-12)15-7-8(2)6-9(3)10(15)4/h8-10H,5-7,12H2,1-4H3,(H,13,14). The smallest absolute Gasteiger partial charge is 0.208 e. The van der Waals surface area contributed by atoms with E-state index in [1.54, 1.807) is 0 Å². The van der Waals surface area contributed by atoms with Crippen molar-refractivity contribution in [3.63, 3.8) is 0 Å². The molecule has 0 aromatic rings. The molecule has 0 bridgehead atoms. The van der Waals surface area contributed by atoms with Crippen molar-refractivity contribution in [2.75, 3.05) is 13.1 Å². The van der Waals surface area contributed by atoms with E-state index in [9.17, 15) is 0 Å². The van der Waals surface area contributed by atoms with Gasteiger partial charge in [0.05, 0.1) is 0 Å². The molecule has 1 aliphatic heterocycles. The first kappa shape index (κ1) is 12.3. The maximum absolute atomic E-state index is 5.52. The van der Waals surface area contributed by atoms with Gasteiger partial charge in [0.25, 0.3) is 0 Å². The van der Waals surface area contributed by atoms with Crippen molar-refractivity contribution >= 4 is 5.96 Å². The fourth-order valence-corrected chi connectivity index (χ4v) is 2.36. The van der Waals surface area contributed by atoms with E-state index < -0.39 is 0 Å². The molecule has 0 aromatic carbocycles. The second-order valence-corrected chi connectivity index (χ2v) is 4.65. The van der Waals surface area contributed by atoms with Gasteiger partial charge in [0.15, 0.2) is 0 Å². The Balaban J connectivity index is 2.77. The molecule has 3 N–H and O–H groups in total. The van der Waals surface area contributed by atoms with Crippen molar-refractivity contribution in [3.8, 4) is 0 Å². The van der Waals surface area contributed by atoms with Gasteiger partial charge in [0.2, 0.25) is 5.96 Å². The molecule has 0 radical (unpaired) electrons. The van der Waals surface area contributed by atoms with Gasteiger partial charge in [-0.25, -0.2) is 5.84 Å². The van der Waals surface area contributed by atoms with Crippen molar-refractivity contribution in [2.24, 2.45) is 22.7 Å². The molecule has 15 heavy (non-hydrogen) atoms. The molecule has 0 spiro atoms. The molecule has 4 nitrogen and oxygen atoms in total. The molecule has 1 rings (SSSR count). The third-order valence-electron chi connectivity index (χ3n) is 3.31. The van der Waals surface area contributed by atoms with Crippen molar-refractivity contribution in [3.05, 3.63) is 0 Å². The predicted molar refractivity (Wildman–Crippen MR) is 64.4 cm³/mol. The lowest BCUT2D eigenvalue weighted by atomic mass is 9.86. The molecule has 1 heterocycles. The average Bonchev–Trinajstić information content (AvgIpc) is 2.20. The second kappa shape index (κ2) is 5.35. The molecule has 3 atom stereocenters. The third-order valence-corrected chi connectivity index (χ3v) is 3.31. The van der Waals surface area contributed by atoms with Crippen LogP contribution in [0.3, 0.4) is 0 Å². The average molecular weight is 212 g/mol. The number of guanidine groups is 1. The molecule has 1 saturated heterocycles. The van der Waals surface area contributed by atoms with E-state index in [1.807, 2.05) is 6.92 Å². The molecule has 0 aromatic heterocycles. The van der Waals surface area contributed by atoms with Gasteiger partial charge in [-0.15, -0.1) is 0 Å². The molecule has 1 fully saturated rings. The van der Waals surface area contributed by atoms with Crippen LogP contribution in [0.15, 0.2) is 4.99 Å². The van der Waals surface area contributed by atoms with Crippen LogP contribution in [0.1, 0.15) is 34.1 Å². The van der Waals surface area contributed by atoms with Gasteiger partial charge >= 0.3 is 0 Å². The Bertz CT molecular complexity index is 227. The summed E-state index contributed by atoms with van der Waals surface area (Å²) in [5.74, 6) is 7.77. The highest BCUT2D eigenvalue weighted by molar-refractivity contribution is 5.79. The zero-order chi connectivity index (χ0) is 11.4. The second-order valence-electron chi connectivity index (χ2n) is 4.65. The highest BCUT2D eigenvalue weighted by atomic mass is 15.4. The summed E-state index contributed by atoms with van der Waals surface area (Å²) in [5.41, 5.74) is 2.72. The summed E-state index contributed by atoms with van der Waals surface area (Å²) in [6.45, 7) is 10.7. The summed E-state index contributed by atoms with van der Waals surface area (Å²) < 4.78 is 0. The van der Waals surface area contributed by atoms with E-state index >= 15 is 0 Å². The fourth-order valence-electron chi connectivity index (χ4n) is 2.36. The molecule has 3 unspecified atom stereocenters. The van der Waals surface area contributed by atoms with E-state index in [2.05, 4.69) is 36.1 Å². The summed E-state index contributed by atoms with van der Waals surface area (Å²) in [4.78, 5) is 6.69. The number of nitrogens with two attached hydrogens (primary N) is 1. The number of nitrogens with zero attached hydrogens (tertiary/aromatic N) is 2. The molecule has 4 heteroatoms. The quantitative estimate of drug-likeness (QED) is 0.297. The highest BCUT2D eigenvalue weighted by Crippen LogP contribution is 2.26. The molecule has 0 saturated carbocycles. The maximum atomic E-state index is 5.52. The Labute approximate surface area is 92.9 Å². The first-order chi connectivity index (χ1) is 7.10. The summed E-state index contributed by atoms with van der Waals surface area (Å²) in [5, 5.41) is 0. The normalized spacial score (nSPS) is 33.0. The van der Waals surface area contributed by atoms with Gasteiger partial charge in [-0.3, -0.25) is 10.4 Å². The molecular formula is C11H24N4. The van der Waals surface area contributed by atoms with Crippen molar-refractivity contribution in [1.29, 1.82) is 0 Å². The van der Waals surface area contributed by atoms with Crippen LogP contribution in [-0.2, 0) is 0 Å². The SMILES string of the molecule is CCN=C(NN)N1CC(C)CC(C)C1C. The van der Waals surface area contributed by atoms with Crippen LogP contribution in [0.4, 0.5) is 0 Å². The summed E-state index contributed by atoms with van der Waals surface area (Å²) in [6.07, 6.45) is 1.29. The van der Waals surface area contributed by atoms with Crippen LogP contribution in [0.2, 0.25) is 0 Å². The summed E-state index contributed by atoms with van der Waals surface area (Å²) >= 11 is 0. The summed E-state index contributed by atoms with van der Waals surface area (Å²) in [6, 6.07) is 0.516. The Morgan fingerprint density at radius 2 is 2.13 bits per heavy atom. The first-order valence-corrected chi connectivity index (χ1v) is 5.87. The predicted octanol–water partition coefficient (Wildman–Crippen LogP) is 1.19. The van der Waals surface area contributed by atoms with E-state index in [-0.39, 0.29) is 0 Å². The van der Waals surface area contributed by atoms with Crippen molar-refractivity contribution in [2.45, 2.75) is 40.2 Å². The number of hydrogen-bond donors (Lipinski definition) is 2. The minimum Gasteiger partial charge on any atom is -0.339 e. The van der Waals surface area contributed by atoms with Crippen LogP contribution >= 0.6 is 0 Å². The Hall–Kier alpha value is -0.770. The molecule has 1 aliphatic rings. The number of hydrogen-bond acceptors (Lipinski definition) is 2. The van der Waals surface area contributed by atoms with E-state index in [1.165, 1.54) is 6.42 Å². The van der Waals surface area contributed by atoms with E-state index in [0.29, 0.717) is 17.9 Å².